The first-order valence-corrected chi connectivity index (χ1v) is 5.51. The number of halogens is 1. The maximum Gasteiger partial charge on any atom is 0.255 e. The van der Waals surface area contributed by atoms with Crippen molar-refractivity contribution in [1.82, 2.24) is 9.74 Å². The van der Waals surface area contributed by atoms with Gasteiger partial charge in [-0.15, -0.1) is 0 Å². The first-order chi connectivity index (χ1) is 7.36. The minimum Gasteiger partial charge on any atom is -0.362 e. The lowest BCUT2D eigenvalue weighted by Gasteiger charge is -2.34. The Kier molecular flexibility index (Phi) is 4.29. The Labute approximate surface area is 100 Å². The highest BCUT2D eigenvalue weighted by Gasteiger charge is 2.33. The predicted octanol–water partition coefficient (Wildman–Crippen LogP) is 0.530. The number of amides is 2. The quantitative estimate of drug-likeness (QED) is 0.585. The molecule has 1 saturated heterocycles. The first-order valence-electron chi connectivity index (χ1n) is 5.13. The van der Waals surface area contributed by atoms with E-state index in [1.165, 1.54) is 4.90 Å². The number of rotatable bonds is 3. The molecule has 1 aliphatic heterocycles. The van der Waals surface area contributed by atoms with Crippen LogP contribution in [0.3, 0.4) is 0 Å². The van der Waals surface area contributed by atoms with Gasteiger partial charge in [-0.25, -0.2) is 4.84 Å². The molecule has 1 heterocycles. The molecule has 0 aliphatic carbocycles. The van der Waals surface area contributed by atoms with Gasteiger partial charge in [0.05, 0.1) is 0 Å². The number of nitrogens with one attached hydrogen (secondary N) is 1. The summed E-state index contributed by atoms with van der Waals surface area (Å²) in [6.07, 6.45) is 0. The first kappa shape index (κ1) is 13.4. The van der Waals surface area contributed by atoms with E-state index in [4.69, 9.17) is 16.5 Å². The third kappa shape index (κ3) is 3.17. The van der Waals surface area contributed by atoms with Crippen molar-refractivity contribution in [1.29, 1.82) is 0 Å². The van der Waals surface area contributed by atoms with Crippen molar-refractivity contribution < 1.29 is 14.3 Å². The molecule has 1 aliphatic rings. The van der Waals surface area contributed by atoms with Crippen molar-refractivity contribution in [2.45, 2.75) is 26.8 Å². The van der Waals surface area contributed by atoms with Gasteiger partial charge in [0.1, 0.15) is 13.2 Å². The fourth-order valence-corrected chi connectivity index (χ4v) is 1.78. The molecule has 0 aromatic heterocycles. The average molecular weight is 249 g/mol. The van der Waals surface area contributed by atoms with Crippen molar-refractivity contribution in [2.24, 2.45) is 5.41 Å². The van der Waals surface area contributed by atoms with E-state index in [1.807, 2.05) is 20.8 Å². The summed E-state index contributed by atoms with van der Waals surface area (Å²) < 4.78 is 4.83. The number of carbonyl (C=O) groups is 2. The van der Waals surface area contributed by atoms with Crippen LogP contribution < -0.4 is 4.84 Å². The summed E-state index contributed by atoms with van der Waals surface area (Å²) in [7, 11) is 0. The molecule has 16 heavy (non-hydrogen) atoms. The van der Waals surface area contributed by atoms with Gasteiger partial charge in [-0.05, 0) is 17.2 Å². The molecule has 0 aromatic carbocycles. The van der Waals surface area contributed by atoms with Gasteiger partial charge in [-0.1, -0.05) is 20.8 Å². The zero-order valence-electron chi connectivity index (χ0n) is 9.75. The highest BCUT2D eigenvalue weighted by molar-refractivity contribution is 6.13. The Morgan fingerprint density at radius 3 is 2.25 bits per heavy atom. The SMILES string of the molecule is CC(C)(C)[C@@H](CN1C(=O)COCC1=O)NCl. The molecule has 0 spiro atoms. The standard InChI is InChI=1S/C10H17ClN2O3/c1-10(2,3)7(12-11)4-13-8(14)5-16-6-9(13)15/h7,12H,4-6H2,1-3H3/t7-/m1/s1. The van der Waals surface area contributed by atoms with Crippen LogP contribution in [0.5, 0.6) is 0 Å². The van der Waals surface area contributed by atoms with Crippen molar-refractivity contribution in [3.05, 3.63) is 0 Å². The smallest absolute Gasteiger partial charge is 0.255 e. The number of imide groups is 1. The van der Waals surface area contributed by atoms with Gasteiger partial charge in [0, 0.05) is 12.6 Å². The molecular formula is C10H17ClN2O3. The minimum atomic E-state index is -0.308. The number of morpholine rings is 1. The van der Waals surface area contributed by atoms with Crippen molar-refractivity contribution in [2.75, 3.05) is 19.8 Å². The fraction of sp³-hybridized carbons (Fsp3) is 0.800. The fourth-order valence-electron chi connectivity index (χ4n) is 1.38. The Bertz CT molecular complexity index is 272. The third-order valence-electron chi connectivity index (χ3n) is 2.60. The monoisotopic (exact) mass is 248 g/mol. The maximum atomic E-state index is 11.5. The molecule has 6 heteroatoms. The summed E-state index contributed by atoms with van der Waals surface area (Å²) in [6, 6.07) is -0.153. The van der Waals surface area contributed by atoms with Crippen LogP contribution in [0, 0.1) is 5.41 Å². The summed E-state index contributed by atoms with van der Waals surface area (Å²) in [4.78, 5) is 26.8. The van der Waals surface area contributed by atoms with Crippen LogP contribution in [0.4, 0.5) is 0 Å². The van der Waals surface area contributed by atoms with Gasteiger partial charge in [-0.2, -0.15) is 0 Å². The maximum absolute atomic E-state index is 11.5. The summed E-state index contributed by atoms with van der Waals surface area (Å²) >= 11 is 5.64. The highest BCUT2D eigenvalue weighted by atomic mass is 35.5. The lowest BCUT2D eigenvalue weighted by Crippen LogP contribution is -2.53. The molecule has 92 valence electrons. The summed E-state index contributed by atoms with van der Waals surface area (Å²) in [6.45, 7) is 6.16. The lowest BCUT2D eigenvalue weighted by atomic mass is 9.87. The van der Waals surface area contributed by atoms with Crippen LogP contribution >= 0.6 is 11.8 Å². The van der Waals surface area contributed by atoms with Crippen LogP contribution in [-0.4, -0.2) is 42.5 Å². The summed E-state index contributed by atoms with van der Waals surface area (Å²) in [5.74, 6) is -0.616. The Morgan fingerprint density at radius 1 is 1.38 bits per heavy atom. The minimum absolute atomic E-state index is 0.0368. The normalized spacial score (nSPS) is 20.1. The molecule has 2 amide bonds. The topological polar surface area (TPSA) is 58.6 Å². The second-order valence-corrected chi connectivity index (χ2v) is 5.14. The van der Waals surface area contributed by atoms with E-state index in [-0.39, 0.29) is 43.0 Å². The number of hydrogen-bond acceptors (Lipinski definition) is 4. The second kappa shape index (κ2) is 5.12. The zero-order valence-corrected chi connectivity index (χ0v) is 10.5. The average Bonchev–Trinajstić information content (AvgIpc) is 2.15. The van der Waals surface area contributed by atoms with Crippen LogP contribution in [-0.2, 0) is 14.3 Å². The molecule has 1 N–H and O–H groups in total. The van der Waals surface area contributed by atoms with Gasteiger partial charge in [0.25, 0.3) is 11.8 Å². The third-order valence-corrected chi connectivity index (χ3v) is 2.86. The van der Waals surface area contributed by atoms with E-state index in [0.29, 0.717) is 0 Å². The Balaban J connectivity index is 2.70. The van der Waals surface area contributed by atoms with Crippen LogP contribution in [0.25, 0.3) is 0 Å². The zero-order chi connectivity index (χ0) is 12.3. The van der Waals surface area contributed by atoms with Gasteiger partial charge in [0.2, 0.25) is 0 Å². The van der Waals surface area contributed by atoms with Gasteiger partial charge in [0.15, 0.2) is 0 Å². The molecule has 1 atom stereocenters. The number of hydrogen-bond donors (Lipinski definition) is 1. The van der Waals surface area contributed by atoms with Crippen molar-refractivity contribution >= 4 is 23.6 Å². The number of carbonyl (C=O) groups excluding carboxylic acids is 2. The van der Waals surface area contributed by atoms with E-state index in [0.717, 1.165) is 0 Å². The van der Waals surface area contributed by atoms with E-state index < -0.39 is 0 Å². The van der Waals surface area contributed by atoms with E-state index in [1.54, 1.807) is 0 Å². The highest BCUT2D eigenvalue weighted by Crippen LogP contribution is 2.21. The van der Waals surface area contributed by atoms with Crippen LogP contribution in [0.1, 0.15) is 20.8 Å². The van der Waals surface area contributed by atoms with E-state index >= 15 is 0 Å². The lowest BCUT2D eigenvalue weighted by molar-refractivity contribution is -0.159. The summed E-state index contributed by atoms with van der Waals surface area (Å²) in [5.41, 5.74) is -0.138. The molecule has 0 radical (unpaired) electrons. The van der Waals surface area contributed by atoms with E-state index in [2.05, 4.69) is 4.84 Å². The van der Waals surface area contributed by atoms with Crippen LogP contribution in [0.2, 0.25) is 0 Å². The summed E-state index contributed by atoms with van der Waals surface area (Å²) in [5, 5.41) is 0. The Morgan fingerprint density at radius 2 is 1.88 bits per heavy atom. The van der Waals surface area contributed by atoms with Crippen LogP contribution in [0.15, 0.2) is 0 Å². The predicted molar refractivity (Wildman–Crippen MR) is 59.8 cm³/mol. The molecule has 0 aromatic rings. The van der Waals surface area contributed by atoms with Crippen molar-refractivity contribution in [3.63, 3.8) is 0 Å². The largest absolute Gasteiger partial charge is 0.362 e. The number of nitrogens with zero attached hydrogens (tertiary/aromatic N) is 1. The van der Waals surface area contributed by atoms with Gasteiger partial charge in [-0.3, -0.25) is 14.5 Å². The molecular weight excluding hydrogens is 232 g/mol. The number of ether oxygens (including phenoxy) is 1. The molecule has 0 saturated carbocycles. The van der Waals surface area contributed by atoms with Crippen molar-refractivity contribution in [3.8, 4) is 0 Å². The van der Waals surface area contributed by atoms with E-state index in [9.17, 15) is 9.59 Å². The van der Waals surface area contributed by atoms with Gasteiger partial charge < -0.3 is 4.74 Å². The molecule has 5 nitrogen and oxygen atoms in total. The van der Waals surface area contributed by atoms with Gasteiger partial charge >= 0.3 is 0 Å². The molecule has 1 fully saturated rings. The Hall–Kier alpha value is -0.650. The second-order valence-electron chi connectivity index (χ2n) is 4.92. The molecule has 1 rings (SSSR count). The molecule has 0 bridgehead atoms. The molecule has 0 unspecified atom stereocenters.